The Bertz CT molecular complexity index is 316. The van der Waals surface area contributed by atoms with Crippen LogP contribution in [-0.2, 0) is 14.5 Å². The van der Waals surface area contributed by atoms with Crippen molar-refractivity contribution in [1.29, 1.82) is 0 Å². The van der Waals surface area contributed by atoms with E-state index in [0.29, 0.717) is 18.0 Å². The first kappa shape index (κ1) is 10.0. The molecule has 0 N–H and O–H groups in total. The Morgan fingerprint density at radius 2 is 1.79 bits per heavy atom. The van der Waals surface area contributed by atoms with Crippen LogP contribution in [0.1, 0.15) is 6.92 Å². The topological polar surface area (TPSA) is 61.8 Å². The number of carbonyl (C=O) groups is 2. The van der Waals surface area contributed by atoms with Gasteiger partial charge in [0.1, 0.15) is 5.75 Å². The molecule has 5 heteroatoms. The summed E-state index contributed by atoms with van der Waals surface area (Å²) >= 11 is 0. The Labute approximate surface area is 80.1 Å². The summed E-state index contributed by atoms with van der Waals surface area (Å²) in [6.45, 7) is 1.55. The van der Waals surface area contributed by atoms with E-state index in [1.807, 2.05) is 0 Å². The fourth-order valence-electron chi connectivity index (χ4n) is 0.736. The molecule has 0 aromatic heterocycles. The highest BCUT2D eigenvalue weighted by Crippen LogP contribution is 2.17. The van der Waals surface area contributed by atoms with Crippen LogP contribution in [-0.4, -0.2) is 12.4 Å². The summed E-state index contributed by atoms with van der Waals surface area (Å²) in [7, 11) is 0. The van der Waals surface area contributed by atoms with Crippen LogP contribution in [0.25, 0.3) is 0 Å². The van der Waals surface area contributed by atoms with E-state index in [1.54, 1.807) is 0 Å². The van der Waals surface area contributed by atoms with E-state index in [9.17, 15) is 9.59 Å². The van der Waals surface area contributed by atoms with Gasteiger partial charge in [0.2, 0.25) is 0 Å². The van der Waals surface area contributed by atoms with Gasteiger partial charge in [0.25, 0.3) is 6.47 Å². The predicted octanol–water partition coefficient (Wildman–Crippen LogP) is 1.08. The minimum absolute atomic E-state index is 0.321. The van der Waals surface area contributed by atoms with E-state index < -0.39 is 5.97 Å². The van der Waals surface area contributed by atoms with E-state index in [0.717, 1.165) is 0 Å². The molecule has 1 rings (SSSR count). The van der Waals surface area contributed by atoms with Crippen LogP contribution < -0.4 is 9.62 Å². The number of rotatable bonds is 4. The second-order valence-electron chi connectivity index (χ2n) is 2.34. The fourth-order valence-corrected chi connectivity index (χ4v) is 0.736. The average molecular weight is 196 g/mol. The highest BCUT2D eigenvalue weighted by Gasteiger charge is 1.98. The van der Waals surface area contributed by atoms with Crippen molar-refractivity contribution in [3.8, 4) is 11.5 Å². The third-order valence-corrected chi connectivity index (χ3v) is 1.26. The normalized spacial score (nSPS) is 8.93. The van der Waals surface area contributed by atoms with Crippen molar-refractivity contribution in [1.82, 2.24) is 0 Å². The molecule has 0 atom stereocenters. The van der Waals surface area contributed by atoms with Gasteiger partial charge in [-0.1, -0.05) is 0 Å². The van der Waals surface area contributed by atoms with E-state index in [-0.39, 0.29) is 0 Å². The molecule has 0 saturated carbocycles. The van der Waals surface area contributed by atoms with Crippen molar-refractivity contribution in [3.05, 3.63) is 24.3 Å². The highest BCUT2D eigenvalue weighted by atomic mass is 17.2. The Balaban J connectivity index is 2.54. The zero-order valence-corrected chi connectivity index (χ0v) is 7.43. The first-order chi connectivity index (χ1) is 6.72. The molecule has 0 radical (unpaired) electrons. The summed E-state index contributed by atoms with van der Waals surface area (Å²) < 4.78 is 4.54. The van der Waals surface area contributed by atoms with E-state index in [4.69, 9.17) is 0 Å². The van der Waals surface area contributed by atoms with Gasteiger partial charge >= 0.3 is 5.97 Å². The molecular formula is C9H8O5. The number of hydrogen-bond acceptors (Lipinski definition) is 5. The third kappa shape index (κ3) is 3.14. The molecule has 14 heavy (non-hydrogen) atoms. The van der Waals surface area contributed by atoms with Crippen LogP contribution in [0.4, 0.5) is 0 Å². The zero-order valence-electron chi connectivity index (χ0n) is 7.43. The lowest BCUT2D eigenvalue weighted by Crippen LogP contribution is -2.02. The standard InChI is InChI=1S/C9H8O5/c1-7(11)13-14-9-4-2-8(3-5-9)12-6-10/h2-6H,1H3. The van der Waals surface area contributed by atoms with Crippen LogP contribution in [0.2, 0.25) is 0 Å². The molecule has 0 saturated heterocycles. The SMILES string of the molecule is CC(=O)OOc1ccc(OC=O)cc1. The maximum Gasteiger partial charge on any atom is 0.352 e. The second-order valence-corrected chi connectivity index (χ2v) is 2.34. The van der Waals surface area contributed by atoms with Crippen molar-refractivity contribution < 1.29 is 24.1 Å². The lowest BCUT2D eigenvalue weighted by atomic mass is 10.3. The molecule has 0 bridgehead atoms. The average Bonchev–Trinajstić information content (AvgIpc) is 2.17. The van der Waals surface area contributed by atoms with Crippen molar-refractivity contribution in [3.63, 3.8) is 0 Å². The predicted molar refractivity (Wildman–Crippen MR) is 45.5 cm³/mol. The molecule has 0 amide bonds. The maximum atomic E-state index is 10.4. The van der Waals surface area contributed by atoms with Crippen molar-refractivity contribution in [2.75, 3.05) is 0 Å². The summed E-state index contributed by atoms with van der Waals surface area (Å²) in [5, 5.41) is 0. The minimum atomic E-state index is -0.543. The lowest BCUT2D eigenvalue weighted by Gasteiger charge is -2.02. The van der Waals surface area contributed by atoms with Gasteiger partial charge in [0.05, 0.1) is 0 Å². The molecule has 0 fully saturated rings. The molecule has 0 aliphatic heterocycles. The number of benzene rings is 1. The van der Waals surface area contributed by atoms with Gasteiger partial charge < -0.3 is 4.74 Å². The molecule has 74 valence electrons. The van der Waals surface area contributed by atoms with Crippen LogP contribution in [0.5, 0.6) is 11.5 Å². The Kier molecular flexibility index (Phi) is 3.49. The quantitative estimate of drug-likeness (QED) is 0.409. The number of hydrogen-bond donors (Lipinski definition) is 0. The third-order valence-electron chi connectivity index (χ3n) is 1.26. The molecule has 1 aromatic carbocycles. The van der Waals surface area contributed by atoms with Gasteiger partial charge in [0.15, 0.2) is 5.75 Å². The minimum Gasteiger partial charge on any atom is -0.429 e. The van der Waals surface area contributed by atoms with Gasteiger partial charge in [0, 0.05) is 6.92 Å². The van der Waals surface area contributed by atoms with Crippen LogP contribution in [0.3, 0.4) is 0 Å². The summed E-state index contributed by atoms with van der Waals surface area (Å²) in [5.41, 5.74) is 0. The molecule has 0 aliphatic rings. The molecule has 0 unspecified atom stereocenters. The largest absolute Gasteiger partial charge is 0.429 e. The van der Waals surface area contributed by atoms with Gasteiger partial charge in [-0.15, -0.1) is 0 Å². The van der Waals surface area contributed by atoms with Gasteiger partial charge in [-0.2, -0.15) is 0 Å². The number of carbonyl (C=O) groups excluding carboxylic acids is 2. The Morgan fingerprint density at radius 1 is 1.21 bits per heavy atom. The fraction of sp³-hybridized carbons (Fsp3) is 0.111. The van der Waals surface area contributed by atoms with E-state index >= 15 is 0 Å². The van der Waals surface area contributed by atoms with Crippen molar-refractivity contribution in [2.45, 2.75) is 6.92 Å². The first-order valence-electron chi connectivity index (χ1n) is 3.78. The van der Waals surface area contributed by atoms with Crippen LogP contribution in [0.15, 0.2) is 24.3 Å². The second kappa shape index (κ2) is 4.86. The highest BCUT2D eigenvalue weighted by molar-refractivity contribution is 5.65. The Morgan fingerprint density at radius 3 is 2.29 bits per heavy atom. The van der Waals surface area contributed by atoms with E-state index in [2.05, 4.69) is 14.5 Å². The first-order valence-corrected chi connectivity index (χ1v) is 3.78. The van der Waals surface area contributed by atoms with Gasteiger partial charge in [-0.3, -0.25) is 14.6 Å². The van der Waals surface area contributed by atoms with Gasteiger partial charge in [-0.05, 0) is 24.3 Å². The molecule has 0 heterocycles. The maximum absolute atomic E-state index is 10.4. The molecule has 0 spiro atoms. The number of ether oxygens (including phenoxy) is 1. The molecule has 5 nitrogen and oxygen atoms in total. The summed E-state index contributed by atoms with van der Waals surface area (Å²) in [4.78, 5) is 29.2. The monoisotopic (exact) mass is 196 g/mol. The lowest BCUT2D eigenvalue weighted by molar-refractivity contribution is -0.210. The van der Waals surface area contributed by atoms with Crippen molar-refractivity contribution in [2.24, 2.45) is 0 Å². The molecular weight excluding hydrogens is 188 g/mol. The zero-order chi connectivity index (χ0) is 10.4. The Hall–Kier alpha value is -2.04. The summed E-state index contributed by atoms with van der Waals surface area (Å²) in [5.74, 6) is 0.187. The van der Waals surface area contributed by atoms with Crippen LogP contribution in [0, 0.1) is 0 Å². The summed E-state index contributed by atoms with van der Waals surface area (Å²) in [6, 6.07) is 6.02. The van der Waals surface area contributed by atoms with E-state index in [1.165, 1.54) is 31.2 Å². The molecule has 1 aromatic rings. The molecule has 0 aliphatic carbocycles. The van der Waals surface area contributed by atoms with Crippen LogP contribution >= 0.6 is 0 Å². The van der Waals surface area contributed by atoms with Crippen molar-refractivity contribution >= 4 is 12.4 Å². The summed E-state index contributed by atoms with van der Waals surface area (Å²) in [6.07, 6.45) is 0. The van der Waals surface area contributed by atoms with Gasteiger partial charge in [-0.25, -0.2) is 4.79 Å². The smallest absolute Gasteiger partial charge is 0.352 e.